The molecule has 0 radical (unpaired) electrons. The van der Waals surface area contributed by atoms with Gasteiger partial charge < -0.3 is 5.32 Å². The first kappa shape index (κ1) is 16.0. The number of rotatable bonds is 5. The Labute approximate surface area is 152 Å². The van der Waals surface area contributed by atoms with Crippen LogP contribution in [-0.4, -0.2) is 19.7 Å². The lowest BCUT2D eigenvalue weighted by Crippen LogP contribution is -2.03. The topological polar surface area (TPSA) is 55.6 Å². The first-order valence-corrected chi connectivity index (χ1v) is 8.40. The zero-order valence-corrected chi connectivity index (χ0v) is 14.6. The highest BCUT2D eigenvalue weighted by atomic mass is 15.2. The summed E-state index contributed by atoms with van der Waals surface area (Å²) in [5, 5.41) is 9.77. The minimum Gasteiger partial charge on any atom is -0.344 e. The number of nitrogens with zero attached hydrogens (tertiary/aromatic N) is 4. The van der Waals surface area contributed by atoms with Crippen molar-refractivity contribution >= 4 is 16.6 Å². The summed E-state index contributed by atoms with van der Waals surface area (Å²) in [4.78, 5) is 8.53. The second-order valence-corrected chi connectivity index (χ2v) is 6.29. The largest absolute Gasteiger partial charge is 0.344 e. The van der Waals surface area contributed by atoms with Crippen LogP contribution in [0.3, 0.4) is 0 Å². The maximum absolute atomic E-state index is 4.49. The highest BCUT2D eigenvalue weighted by Crippen LogP contribution is 2.25. The van der Waals surface area contributed by atoms with E-state index in [1.165, 1.54) is 0 Å². The molecule has 0 aliphatic carbocycles. The van der Waals surface area contributed by atoms with Gasteiger partial charge in [-0.15, -0.1) is 0 Å². The van der Waals surface area contributed by atoms with Crippen molar-refractivity contribution < 1.29 is 0 Å². The highest BCUT2D eigenvalue weighted by molar-refractivity contribution is 5.88. The molecule has 0 atom stereocenters. The van der Waals surface area contributed by atoms with E-state index in [-0.39, 0.29) is 0 Å². The lowest BCUT2D eigenvalue weighted by Gasteiger charge is -2.10. The summed E-state index contributed by atoms with van der Waals surface area (Å²) in [6.07, 6.45) is 10.1. The van der Waals surface area contributed by atoms with E-state index >= 15 is 0 Å². The van der Waals surface area contributed by atoms with Crippen molar-refractivity contribution in [3.05, 3.63) is 85.2 Å². The Morgan fingerprint density at radius 1 is 1.04 bits per heavy atom. The Balaban J connectivity index is 1.57. The third-order valence-electron chi connectivity index (χ3n) is 4.23. The molecule has 0 unspecified atom stereocenters. The van der Waals surface area contributed by atoms with Gasteiger partial charge in [0.25, 0.3) is 0 Å². The van der Waals surface area contributed by atoms with Crippen LogP contribution in [0.2, 0.25) is 0 Å². The zero-order valence-electron chi connectivity index (χ0n) is 14.6. The molecule has 5 nitrogen and oxygen atoms in total. The van der Waals surface area contributed by atoms with Gasteiger partial charge >= 0.3 is 0 Å². The van der Waals surface area contributed by atoms with E-state index in [4.69, 9.17) is 0 Å². The van der Waals surface area contributed by atoms with Crippen molar-refractivity contribution in [3.8, 4) is 11.1 Å². The van der Waals surface area contributed by atoms with Gasteiger partial charge in [0.15, 0.2) is 0 Å². The molecular formula is C21H19N5. The van der Waals surface area contributed by atoms with Crippen LogP contribution in [0.1, 0.15) is 5.56 Å². The van der Waals surface area contributed by atoms with Crippen LogP contribution in [0.4, 0.5) is 5.82 Å². The molecule has 3 aromatic heterocycles. The molecule has 26 heavy (non-hydrogen) atoms. The quantitative estimate of drug-likeness (QED) is 0.591. The molecule has 1 N–H and O–H groups in total. The number of aromatic nitrogens is 4. The molecule has 0 saturated carbocycles. The Bertz CT molecular complexity index is 1070. The Hall–Kier alpha value is -3.47. The molecule has 0 aliphatic heterocycles. The number of nitrogens with one attached hydrogen (secondary N) is 1. The van der Waals surface area contributed by atoms with E-state index in [1.807, 2.05) is 48.5 Å². The summed E-state index contributed by atoms with van der Waals surface area (Å²) in [6.45, 7) is 4.11. The molecule has 128 valence electrons. The van der Waals surface area contributed by atoms with Crippen molar-refractivity contribution in [2.75, 3.05) is 5.32 Å². The van der Waals surface area contributed by atoms with Gasteiger partial charge in [-0.05, 0) is 40.8 Å². The minimum absolute atomic E-state index is 0.734. The number of benzene rings is 1. The Kier molecular flexibility index (Phi) is 4.19. The number of fused-ring (bicyclic) bond motifs is 1. The summed E-state index contributed by atoms with van der Waals surface area (Å²) in [5.74, 6) is 0.792. The van der Waals surface area contributed by atoms with E-state index < -0.39 is 0 Å². The average molecular weight is 341 g/mol. The van der Waals surface area contributed by atoms with Gasteiger partial charge in [0.05, 0.1) is 6.20 Å². The van der Waals surface area contributed by atoms with Crippen molar-refractivity contribution in [2.45, 2.75) is 6.42 Å². The summed E-state index contributed by atoms with van der Waals surface area (Å²) in [6, 6.07) is 12.4. The van der Waals surface area contributed by atoms with Gasteiger partial charge in [-0.2, -0.15) is 5.10 Å². The zero-order chi connectivity index (χ0) is 17.9. The molecule has 4 rings (SSSR count). The molecule has 0 saturated heterocycles. The Morgan fingerprint density at radius 2 is 1.88 bits per heavy atom. The maximum Gasteiger partial charge on any atom is 0.130 e. The first-order valence-electron chi connectivity index (χ1n) is 8.40. The summed E-state index contributed by atoms with van der Waals surface area (Å²) in [5.41, 5.74) is 4.30. The average Bonchev–Trinajstić information content (AvgIpc) is 3.08. The fourth-order valence-electron chi connectivity index (χ4n) is 2.93. The summed E-state index contributed by atoms with van der Waals surface area (Å²) in [7, 11) is 1.92. The number of hydrogen-bond acceptors (Lipinski definition) is 4. The van der Waals surface area contributed by atoms with Crippen molar-refractivity contribution in [3.63, 3.8) is 0 Å². The molecule has 4 aromatic rings. The van der Waals surface area contributed by atoms with Crippen LogP contribution in [0.5, 0.6) is 0 Å². The Morgan fingerprint density at radius 3 is 2.65 bits per heavy atom. The number of anilines is 1. The van der Waals surface area contributed by atoms with Gasteiger partial charge in [-0.25, -0.2) is 4.98 Å². The number of hydrogen-bond donors (Lipinski definition) is 1. The lowest BCUT2D eigenvalue weighted by atomic mass is 10.0. The van der Waals surface area contributed by atoms with Gasteiger partial charge in [0.1, 0.15) is 5.82 Å². The van der Waals surface area contributed by atoms with E-state index in [0.717, 1.165) is 45.4 Å². The second-order valence-electron chi connectivity index (χ2n) is 6.29. The van der Waals surface area contributed by atoms with Crippen molar-refractivity contribution in [1.29, 1.82) is 0 Å². The van der Waals surface area contributed by atoms with Crippen molar-refractivity contribution in [2.24, 2.45) is 7.05 Å². The van der Waals surface area contributed by atoms with Crippen LogP contribution >= 0.6 is 0 Å². The minimum atomic E-state index is 0.734. The molecule has 0 fully saturated rings. The van der Waals surface area contributed by atoms with Gasteiger partial charge in [-0.1, -0.05) is 18.7 Å². The standard InChI is InChI=1S/C21H19N5/c1-15(9-16-5-7-22-8-6-16)25-21-11-19-10-17(3-4-18(19)12-23-21)20-13-24-26(2)14-20/h3-8,10-14H,1,9H2,2H3,(H,23,25). The van der Waals surface area contributed by atoms with Crippen LogP contribution < -0.4 is 5.32 Å². The van der Waals surface area contributed by atoms with Crippen LogP contribution in [-0.2, 0) is 13.5 Å². The third kappa shape index (κ3) is 3.47. The second kappa shape index (κ2) is 6.80. The van der Waals surface area contributed by atoms with E-state index in [9.17, 15) is 0 Å². The van der Waals surface area contributed by atoms with Crippen LogP contribution in [0.25, 0.3) is 21.9 Å². The lowest BCUT2D eigenvalue weighted by molar-refractivity contribution is 0.768. The van der Waals surface area contributed by atoms with Gasteiger partial charge in [0, 0.05) is 54.9 Å². The predicted molar refractivity (Wildman–Crippen MR) is 105 cm³/mol. The van der Waals surface area contributed by atoms with E-state index in [0.29, 0.717) is 0 Å². The normalized spacial score (nSPS) is 10.8. The fraction of sp³-hybridized carbons (Fsp3) is 0.0952. The van der Waals surface area contributed by atoms with E-state index in [1.54, 1.807) is 12.4 Å². The number of aryl methyl sites for hydroxylation is 1. The van der Waals surface area contributed by atoms with Crippen molar-refractivity contribution in [1.82, 2.24) is 19.7 Å². The van der Waals surface area contributed by atoms with Crippen LogP contribution in [0.15, 0.2) is 79.7 Å². The highest BCUT2D eigenvalue weighted by Gasteiger charge is 2.05. The molecule has 0 amide bonds. The molecule has 0 aliphatic rings. The summed E-state index contributed by atoms with van der Waals surface area (Å²) < 4.78 is 1.81. The van der Waals surface area contributed by atoms with Crippen LogP contribution in [0, 0.1) is 0 Å². The molecule has 0 bridgehead atoms. The fourth-order valence-corrected chi connectivity index (χ4v) is 2.93. The van der Waals surface area contributed by atoms with Gasteiger partial charge in [-0.3, -0.25) is 9.67 Å². The molecule has 5 heteroatoms. The maximum atomic E-state index is 4.49. The molecule has 3 heterocycles. The predicted octanol–water partition coefficient (Wildman–Crippen LogP) is 4.20. The third-order valence-corrected chi connectivity index (χ3v) is 4.23. The SMILES string of the molecule is C=C(Cc1ccncc1)Nc1cc2cc(-c3cnn(C)c3)ccc2cn1. The van der Waals surface area contributed by atoms with E-state index in [2.05, 4.69) is 45.2 Å². The summed E-state index contributed by atoms with van der Waals surface area (Å²) >= 11 is 0. The number of pyridine rings is 2. The monoisotopic (exact) mass is 341 g/mol. The smallest absolute Gasteiger partial charge is 0.130 e. The molecule has 0 spiro atoms. The molecular weight excluding hydrogens is 322 g/mol. The van der Waals surface area contributed by atoms with Gasteiger partial charge in [0.2, 0.25) is 0 Å². The molecule has 1 aromatic carbocycles. The first-order chi connectivity index (χ1) is 12.7. The number of allylic oxidation sites excluding steroid dienone is 1.